The number of hydrogen-bond donors (Lipinski definition) is 2. The van der Waals surface area contributed by atoms with Crippen molar-refractivity contribution in [2.24, 2.45) is 5.73 Å². The van der Waals surface area contributed by atoms with Gasteiger partial charge in [0.15, 0.2) is 0 Å². The number of nitrogens with zero attached hydrogens (tertiary/aromatic N) is 1. The molecule has 0 saturated carbocycles. The molecular weight excluding hydrogens is 190 g/mol. The second kappa shape index (κ2) is 6.08. The first kappa shape index (κ1) is 12.5. The molecule has 88 valence electrons. The molecule has 1 fully saturated rings. The zero-order valence-corrected chi connectivity index (χ0v) is 9.83. The maximum Gasteiger partial charge on any atom is 0.234 e. The van der Waals surface area contributed by atoms with Crippen molar-refractivity contribution >= 4 is 5.91 Å². The van der Waals surface area contributed by atoms with Gasteiger partial charge in [0.25, 0.3) is 0 Å². The van der Waals surface area contributed by atoms with Gasteiger partial charge in [0.05, 0.1) is 6.54 Å². The van der Waals surface area contributed by atoms with Crippen molar-refractivity contribution in [3.63, 3.8) is 0 Å². The van der Waals surface area contributed by atoms with Crippen LogP contribution in [0.3, 0.4) is 0 Å². The first-order valence-corrected chi connectivity index (χ1v) is 5.90. The van der Waals surface area contributed by atoms with Gasteiger partial charge in [0.2, 0.25) is 5.91 Å². The fourth-order valence-corrected chi connectivity index (χ4v) is 1.98. The molecule has 15 heavy (non-hydrogen) atoms. The molecule has 3 N–H and O–H groups in total. The Balaban J connectivity index is 2.30. The van der Waals surface area contributed by atoms with Gasteiger partial charge >= 0.3 is 0 Å². The van der Waals surface area contributed by atoms with Gasteiger partial charge in [-0.2, -0.15) is 0 Å². The predicted molar refractivity (Wildman–Crippen MR) is 61.5 cm³/mol. The van der Waals surface area contributed by atoms with Crippen molar-refractivity contribution in [2.45, 2.75) is 45.2 Å². The second-order valence-electron chi connectivity index (χ2n) is 4.38. The van der Waals surface area contributed by atoms with Gasteiger partial charge in [0.1, 0.15) is 0 Å². The summed E-state index contributed by atoms with van der Waals surface area (Å²) in [5, 5.41) is 2.98. The highest BCUT2D eigenvalue weighted by Crippen LogP contribution is 2.15. The van der Waals surface area contributed by atoms with Crippen LogP contribution in [0.1, 0.15) is 33.1 Å². The fourth-order valence-electron chi connectivity index (χ4n) is 1.98. The number of nitrogens with two attached hydrogens (primary N) is 1. The van der Waals surface area contributed by atoms with Crippen LogP contribution in [0.2, 0.25) is 0 Å². The largest absolute Gasteiger partial charge is 0.353 e. The van der Waals surface area contributed by atoms with Gasteiger partial charge in [-0.05, 0) is 32.7 Å². The molecule has 0 aliphatic carbocycles. The highest BCUT2D eigenvalue weighted by molar-refractivity contribution is 5.78. The van der Waals surface area contributed by atoms with Crippen LogP contribution in [0.15, 0.2) is 0 Å². The summed E-state index contributed by atoms with van der Waals surface area (Å²) in [6.45, 7) is 6.28. The highest BCUT2D eigenvalue weighted by Gasteiger charge is 2.24. The molecule has 2 unspecified atom stereocenters. The Morgan fingerprint density at radius 2 is 2.40 bits per heavy atom. The third kappa shape index (κ3) is 3.80. The van der Waals surface area contributed by atoms with E-state index in [2.05, 4.69) is 17.1 Å². The van der Waals surface area contributed by atoms with Crippen LogP contribution < -0.4 is 11.1 Å². The number of hydrogen-bond acceptors (Lipinski definition) is 3. The number of rotatable bonds is 5. The monoisotopic (exact) mass is 213 g/mol. The molecule has 1 amide bonds. The lowest BCUT2D eigenvalue weighted by atomic mass is 10.2. The van der Waals surface area contributed by atoms with E-state index >= 15 is 0 Å². The number of nitrogens with one attached hydrogen (secondary N) is 1. The molecule has 4 heteroatoms. The first-order chi connectivity index (χ1) is 7.17. The van der Waals surface area contributed by atoms with Crippen LogP contribution in [-0.2, 0) is 4.79 Å². The normalized spacial score (nSPS) is 24.1. The molecule has 2 atom stereocenters. The summed E-state index contributed by atoms with van der Waals surface area (Å²) in [6.07, 6.45) is 3.28. The van der Waals surface area contributed by atoms with E-state index in [0.717, 1.165) is 19.4 Å². The van der Waals surface area contributed by atoms with E-state index < -0.39 is 0 Å². The summed E-state index contributed by atoms with van der Waals surface area (Å²) in [4.78, 5) is 13.8. The molecule has 0 aromatic carbocycles. The molecule has 1 rings (SSSR count). The zero-order valence-electron chi connectivity index (χ0n) is 9.83. The molecule has 0 radical (unpaired) electrons. The molecule has 1 aliphatic rings. The maximum atomic E-state index is 11.6. The maximum absolute atomic E-state index is 11.6. The minimum atomic E-state index is 0.129. The van der Waals surface area contributed by atoms with Crippen molar-refractivity contribution in [2.75, 3.05) is 19.6 Å². The summed E-state index contributed by atoms with van der Waals surface area (Å²) in [5.41, 5.74) is 5.65. The lowest BCUT2D eigenvalue weighted by Gasteiger charge is -2.23. The summed E-state index contributed by atoms with van der Waals surface area (Å²) in [6, 6.07) is 0.684. The number of amides is 1. The Bertz CT molecular complexity index is 208. The van der Waals surface area contributed by atoms with Crippen LogP contribution in [-0.4, -0.2) is 42.5 Å². The number of carbonyl (C=O) groups is 1. The zero-order chi connectivity index (χ0) is 11.3. The summed E-state index contributed by atoms with van der Waals surface area (Å²) in [5.74, 6) is 0.129. The van der Waals surface area contributed by atoms with E-state index in [4.69, 9.17) is 5.73 Å². The average molecular weight is 213 g/mol. The van der Waals surface area contributed by atoms with E-state index in [9.17, 15) is 4.79 Å². The minimum Gasteiger partial charge on any atom is -0.353 e. The molecule has 0 bridgehead atoms. The van der Waals surface area contributed by atoms with Crippen LogP contribution in [0.4, 0.5) is 0 Å². The van der Waals surface area contributed by atoms with Gasteiger partial charge in [0, 0.05) is 18.6 Å². The Morgan fingerprint density at radius 1 is 1.67 bits per heavy atom. The lowest BCUT2D eigenvalue weighted by molar-refractivity contribution is -0.123. The van der Waals surface area contributed by atoms with Crippen molar-refractivity contribution in [3.8, 4) is 0 Å². The van der Waals surface area contributed by atoms with Crippen LogP contribution in [0.5, 0.6) is 0 Å². The first-order valence-electron chi connectivity index (χ1n) is 5.90. The Kier molecular flexibility index (Phi) is 5.05. The second-order valence-corrected chi connectivity index (χ2v) is 4.38. The smallest absolute Gasteiger partial charge is 0.234 e. The number of likely N-dealkylation sites (tertiary alicyclic amines) is 1. The van der Waals surface area contributed by atoms with E-state index in [-0.39, 0.29) is 11.9 Å². The fraction of sp³-hybridized carbons (Fsp3) is 0.909. The van der Waals surface area contributed by atoms with Gasteiger partial charge in [-0.15, -0.1) is 0 Å². The van der Waals surface area contributed by atoms with E-state index in [0.29, 0.717) is 19.1 Å². The van der Waals surface area contributed by atoms with Crippen molar-refractivity contribution in [1.29, 1.82) is 0 Å². The van der Waals surface area contributed by atoms with Crippen LogP contribution in [0.25, 0.3) is 0 Å². The van der Waals surface area contributed by atoms with E-state index in [1.54, 1.807) is 0 Å². The number of carbonyl (C=O) groups excluding carboxylic acids is 1. The lowest BCUT2D eigenvalue weighted by Crippen LogP contribution is -2.44. The summed E-state index contributed by atoms with van der Waals surface area (Å²) >= 11 is 0. The van der Waals surface area contributed by atoms with Crippen molar-refractivity contribution in [3.05, 3.63) is 0 Å². The van der Waals surface area contributed by atoms with Gasteiger partial charge in [-0.1, -0.05) is 6.92 Å². The molecule has 1 heterocycles. The molecule has 0 aromatic rings. The molecule has 4 nitrogen and oxygen atoms in total. The standard InChI is InChI=1S/C11H23N3O/c1-3-9(2)13-11(15)8-14-6-4-5-10(14)7-12/h9-10H,3-8,12H2,1-2H3,(H,13,15). The molecule has 0 spiro atoms. The SMILES string of the molecule is CCC(C)NC(=O)CN1CCCC1CN. The van der Waals surface area contributed by atoms with Crippen LogP contribution >= 0.6 is 0 Å². The predicted octanol–water partition coefficient (Wildman–Crippen LogP) is 0.324. The third-order valence-electron chi connectivity index (χ3n) is 3.14. The third-order valence-corrected chi connectivity index (χ3v) is 3.14. The summed E-state index contributed by atoms with van der Waals surface area (Å²) in [7, 11) is 0. The Hall–Kier alpha value is -0.610. The van der Waals surface area contributed by atoms with Crippen molar-refractivity contribution in [1.82, 2.24) is 10.2 Å². The van der Waals surface area contributed by atoms with E-state index in [1.165, 1.54) is 6.42 Å². The van der Waals surface area contributed by atoms with Gasteiger partial charge in [-0.3, -0.25) is 9.69 Å². The van der Waals surface area contributed by atoms with Crippen molar-refractivity contribution < 1.29 is 4.79 Å². The Labute approximate surface area is 92.2 Å². The molecule has 1 aliphatic heterocycles. The molecule has 1 saturated heterocycles. The van der Waals surface area contributed by atoms with Gasteiger partial charge in [-0.25, -0.2) is 0 Å². The molecular formula is C11H23N3O. The topological polar surface area (TPSA) is 58.4 Å². The van der Waals surface area contributed by atoms with E-state index in [1.807, 2.05) is 6.92 Å². The van der Waals surface area contributed by atoms with Gasteiger partial charge < -0.3 is 11.1 Å². The highest BCUT2D eigenvalue weighted by atomic mass is 16.2. The molecule has 0 aromatic heterocycles. The summed E-state index contributed by atoms with van der Waals surface area (Å²) < 4.78 is 0. The van der Waals surface area contributed by atoms with Crippen LogP contribution in [0, 0.1) is 0 Å². The Morgan fingerprint density at radius 3 is 3.00 bits per heavy atom. The average Bonchev–Trinajstić information content (AvgIpc) is 2.64. The minimum absolute atomic E-state index is 0.129. The quantitative estimate of drug-likeness (QED) is 0.691.